The summed E-state index contributed by atoms with van der Waals surface area (Å²) in [6.45, 7) is 2.37. The first-order chi connectivity index (χ1) is 10.0. The summed E-state index contributed by atoms with van der Waals surface area (Å²) in [4.78, 5) is 12.1. The number of hydrogen-bond donors (Lipinski definition) is 3. The molecule has 0 aromatic heterocycles. The minimum atomic E-state index is -0.370. The summed E-state index contributed by atoms with van der Waals surface area (Å²) < 4.78 is 5.32. The lowest BCUT2D eigenvalue weighted by molar-refractivity contribution is 0.102. The molecule has 0 saturated heterocycles. The van der Waals surface area contributed by atoms with Crippen LogP contribution in [0.4, 0.5) is 11.4 Å². The minimum Gasteiger partial charge on any atom is -0.506 e. The zero-order valence-corrected chi connectivity index (χ0v) is 12.1. The van der Waals surface area contributed by atoms with Crippen LogP contribution >= 0.6 is 11.6 Å². The second-order valence-corrected chi connectivity index (χ2v) is 4.71. The van der Waals surface area contributed by atoms with Crippen molar-refractivity contribution in [2.24, 2.45) is 0 Å². The average molecular weight is 307 g/mol. The van der Waals surface area contributed by atoms with Gasteiger partial charge in [0, 0.05) is 11.3 Å². The molecule has 110 valence electrons. The largest absolute Gasteiger partial charge is 0.506 e. The molecule has 0 fully saturated rings. The maximum Gasteiger partial charge on any atom is 0.255 e. The van der Waals surface area contributed by atoms with E-state index in [2.05, 4.69) is 5.32 Å². The Morgan fingerprint density at radius 2 is 2.10 bits per heavy atom. The second kappa shape index (κ2) is 6.37. The van der Waals surface area contributed by atoms with Crippen LogP contribution in [0.5, 0.6) is 11.5 Å². The van der Waals surface area contributed by atoms with Gasteiger partial charge in [0.05, 0.1) is 17.3 Å². The number of nitrogen functional groups attached to an aromatic ring is 1. The van der Waals surface area contributed by atoms with E-state index in [0.29, 0.717) is 28.6 Å². The molecule has 0 spiro atoms. The van der Waals surface area contributed by atoms with E-state index in [0.717, 1.165) is 0 Å². The number of aromatic hydroxyl groups is 1. The number of phenolic OH excluding ortho intramolecular Hbond substituents is 1. The Balaban J connectivity index is 2.15. The molecule has 21 heavy (non-hydrogen) atoms. The van der Waals surface area contributed by atoms with E-state index >= 15 is 0 Å². The molecular weight excluding hydrogens is 292 g/mol. The van der Waals surface area contributed by atoms with Gasteiger partial charge in [0.2, 0.25) is 0 Å². The highest BCUT2D eigenvalue weighted by Crippen LogP contribution is 2.28. The van der Waals surface area contributed by atoms with Crippen LogP contribution in [0.2, 0.25) is 5.02 Å². The van der Waals surface area contributed by atoms with Gasteiger partial charge in [0.15, 0.2) is 0 Å². The number of anilines is 2. The highest BCUT2D eigenvalue weighted by Gasteiger charge is 2.10. The van der Waals surface area contributed by atoms with E-state index in [1.165, 1.54) is 18.2 Å². The van der Waals surface area contributed by atoms with Crippen LogP contribution in [0.3, 0.4) is 0 Å². The maximum absolute atomic E-state index is 12.1. The number of nitrogens with two attached hydrogens (primary N) is 1. The standard InChI is InChI=1S/C15H15ClN2O3/c1-2-21-14-6-4-10(8-11(14)16)18-15(20)9-3-5-12(17)13(19)7-9/h3-8,19H,2,17H2,1H3,(H,18,20). The first kappa shape index (κ1) is 15.0. The Morgan fingerprint density at radius 1 is 1.33 bits per heavy atom. The molecule has 0 aliphatic rings. The van der Waals surface area contributed by atoms with Crippen LogP contribution in [0, 0.1) is 0 Å². The van der Waals surface area contributed by atoms with Gasteiger partial charge < -0.3 is 20.9 Å². The van der Waals surface area contributed by atoms with Crippen molar-refractivity contribution in [3.63, 3.8) is 0 Å². The van der Waals surface area contributed by atoms with Crippen LogP contribution in [0.25, 0.3) is 0 Å². The fourth-order valence-electron chi connectivity index (χ4n) is 1.74. The molecule has 0 aliphatic heterocycles. The van der Waals surface area contributed by atoms with Crippen molar-refractivity contribution < 1.29 is 14.6 Å². The Bertz CT molecular complexity index is 674. The summed E-state index contributed by atoms with van der Waals surface area (Å²) in [7, 11) is 0. The lowest BCUT2D eigenvalue weighted by Crippen LogP contribution is -2.12. The topological polar surface area (TPSA) is 84.6 Å². The van der Waals surface area contributed by atoms with Crippen LogP contribution in [-0.2, 0) is 0 Å². The van der Waals surface area contributed by atoms with Gasteiger partial charge in [0.1, 0.15) is 11.5 Å². The maximum atomic E-state index is 12.1. The number of phenols is 1. The summed E-state index contributed by atoms with van der Waals surface area (Å²) >= 11 is 6.05. The highest BCUT2D eigenvalue weighted by molar-refractivity contribution is 6.32. The molecule has 2 rings (SSSR count). The van der Waals surface area contributed by atoms with Crippen molar-refractivity contribution in [3.8, 4) is 11.5 Å². The molecule has 0 atom stereocenters. The van der Waals surface area contributed by atoms with Gasteiger partial charge >= 0.3 is 0 Å². The molecule has 0 saturated carbocycles. The van der Waals surface area contributed by atoms with Crippen molar-refractivity contribution in [3.05, 3.63) is 47.0 Å². The number of halogens is 1. The molecule has 0 radical (unpaired) electrons. The Morgan fingerprint density at radius 3 is 2.71 bits per heavy atom. The van der Waals surface area contributed by atoms with E-state index in [-0.39, 0.29) is 17.3 Å². The predicted octanol–water partition coefficient (Wildman–Crippen LogP) is 3.28. The Hall–Kier alpha value is -2.40. The Labute approximate surface area is 127 Å². The molecule has 6 heteroatoms. The van der Waals surface area contributed by atoms with Gasteiger partial charge in [-0.1, -0.05) is 11.6 Å². The van der Waals surface area contributed by atoms with E-state index in [1.54, 1.807) is 18.2 Å². The quantitative estimate of drug-likeness (QED) is 0.598. The summed E-state index contributed by atoms with van der Waals surface area (Å²) in [6, 6.07) is 9.27. The lowest BCUT2D eigenvalue weighted by Gasteiger charge is -2.09. The summed E-state index contributed by atoms with van der Waals surface area (Å²) in [5.74, 6) is 0.0557. The fraction of sp³-hybridized carbons (Fsp3) is 0.133. The zero-order valence-electron chi connectivity index (χ0n) is 11.4. The molecule has 2 aromatic rings. The first-order valence-electron chi connectivity index (χ1n) is 6.33. The van der Waals surface area contributed by atoms with E-state index in [4.69, 9.17) is 22.1 Å². The van der Waals surface area contributed by atoms with Crippen molar-refractivity contribution >= 4 is 28.9 Å². The normalized spacial score (nSPS) is 10.2. The molecule has 2 aromatic carbocycles. The van der Waals surface area contributed by atoms with Crippen LogP contribution in [0.15, 0.2) is 36.4 Å². The Kier molecular flexibility index (Phi) is 4.55. The van der Waals surface area contributed by atoms with Crippen molar-refractivity contribution in [2.75, 3.05) is 17.7 Å². The number of carbonyl (C=O) groups excluding carboxylic acids is 1. The van der Waals surface area contributed by atoms with Gasteiger partial charge in [-0.25, -0.2) is 0 Å². The third kappa shape index (κ3) is 3.58. The van der Waals surface area contributed by atoms with Crippen molar-refractivity contribution in [2.45, 2.75) is 6.92 Å². The smallest absolute Gasteiger partial charge is 0.255 e. The van der Waals surface area contributed by atoms with Crippen molar-refractivity contribution in [1.82, 2.24) is 0 Å². The highest BCUT2D eigenvalue weighted by atomic mass is 35.5. The monoisotopic (exact) mass is 306 g/mol. The average Bonchev–Trinajstić information content (AvgIpc) is 2.45. The van der Waals surface area contributed by atoms with Gasteiger partial charge in [-0.2, -0.15) is 0 Å². The molecule has 0 aliphatic carbocycles. The zero-order chi connectivity index (χ0) is 15.4. The number of carbonyl (C=O) groups is 1. The van der Waals surface area contributed by atoms with E-state index < -0.39 is 0 Å². The van der Waals surface area contributed by atoms with E-state index in [1.807, 2.05) is 6.92 Å². The third-order valence-corrected chi connectivity index (χ3v) is 3.08. The second-order valence-electron chi connectivity index (χ2n) is 4.31. The SMILES string of the molecule is CCOc1ccc(NC(=O)c2ccc(N)c(O)c2)cc1Cl. The van der Waals surface area contributed by atoms with Gasteiger partial charge in [-0.05, 0) is 43.3 Å². The summed E-state index contributed by atoms with van der Waals surface area (Å²) in [5.41, 5.74) is 6.54. The molecule has 0 bridgehead atoms. The molecule has 0 heterocycles. The van der Waals surface area contributed by atoms with Crippen LogP contribution < -0.4 is 15.8 Å². The third-order valence-electron chi connectivity index (χ3n) is 2.78. The summed E-state index contributed by atoms with van der Waals surface area (Å²) in [5, 5.41) is 12.6. The predicted molar refractivity (Wildman–Crippen MR) is 83.1 cm³/mol. The summed E-state index contributed by atoms with van der Waals surface area (Å²) in [6.07, 6.45) is 0. The van der Waals surface area contributed by atoms with Gasteiger partial charge in [-0.3, -0.25) is 4.79 Å². The molecular formula is C15H15ClN2O3. The number of hydrogen-bond acceptors (Lipinski definition) is 4. The number of benzene rings is 2. The lowest BCUT2D eigenvalue weighted by atomic mass is 10.1. The fourth-order valence-corrected chi connectivity index (χ4v) is 1.97. The number of nitrogens with one attached hydrogen (secondary N) is 1. The molecule has 0 unspecified atom stereocenters. The van der Waals surface area contributed by atoms with Crippen LogP contribution in [0.1, 0.15) is 17.3 Å². The molecule has 1 amide bonds. The van der Waals surface area contributed by atoms with Gasteiger partial charge in [0.25, 0.3) is 5.91 Å². The molecule has 5 nitrogen and oxygen atoms in total. The minimum absolute atomic E-state index is 0.132. The van der Waals surface area contributed by atoms with E-state index in [9.17, 15) is 9.90 Å². The van der Waals surface area contributed by atoms with Gasteiger partial charge in [-0.15, -0.1) is 0 Å². The number of ether oxygens (including phenoxy) is 1. The molecule has 4 N–H and O–H groups in total. The van der Waals surface area contributed by atoms with Crippen LogP contribution in [-0.4, -0.2) is 17.6 Å². The number of amides is 1. The first-order valence-corrected chi connectivity index (χ1v) is 6.71. The number of rotatable bonds is 4. The van der Waals surface area contributed by atoms with Crippen molar-refractivity contribution in [1.29, 1.82) is 0 Å².